The lowest BCUT2D eigenvalue weighted by Crippen LogP contribution is -2.31. The molecule has 0 aromatic rings. The van der Waals surface area contributed by atoms with Gasteiger partial charge in [0.1, 0.15) is 5.60 Å². The highest BCUT2D eigenvalue weighted by molar-refractivity contribution is 5.73. The Morgan fingerprint density at radius 3 is 2.47 bits per heavy atom. The van der Waals surface area contributed by atoms with E-state index in [9.17, 15) is 9.90 Å². The van der Waals surface area contributed by atoms with Crippen molar-refractivity contribution in [3.8, 4) is 11.8 Å². The van der Waals surface area contributed by atoms with E-state index in [1.807, 2.05) is 0 Å². The minimum Gasteiger partial charge on any atom is -0.469 e. The summed E-state index contributed by atoms with van der Waals surface area (Å²) in [6.07, 6.45) is 3.07. The Kier molecular flexibility index (Phi) is 3.18. The normalized spacial score (nSPS) is 35.3. The average Bonchev–Trinajstić information content (AvgIpc) is 2.44. The van der Waals surface area contributed by atoms with Crippen molar-refractivity contribution < 1.29 is 14.6 Å². The fraction of sp³-hybridized carbons (Fsp3) is 0.786. The molecule has 2 saturated carbocycles. The standard InChI is InChI=1S/C14H20O3/c1-14(2,16)7-6-9-8-12(13(15)17-3)11-5-4-10(9)11/h9-12,16H,4-5,8H2,1-3H3. The molecule has 0 aliphatic heterocycles. The summed E-state index contributed by atoms with van der Waals surface area (Å²) in [5, 5.41) is 9.60. The van der Waals surface area contributed by atoms with E-state index in [-0.39, 0.29) is 17.8 Å². The summed E-state index contributed by atoms with van der Waals surface area (Å²) < 4.78 is 4.84. The van der Waals surface area contributed by atoms with E-state index >= 15 is 0 Å². The number of hydrogen-bond acceptors (Lipinski definition) is 3. The number of carbonyl (C=O) groups is 1. The number of ether oxygens (including phenoxy) is 1. The Balaban J connectivity index is 2.07. The highest BCUT2D eigenvalue weighted by Gasteiger charge is 2.51. The average molecular weight is 236 g/mol. The second-order valence-electron chi connectivity index (χ2n) is 5.71. The molecule has 0 aromatic heterocycles. The predicted octanol–water partition coefficient (Wildman–Crippen LogP) is 1.60. The zero-order chi connectivity index (χ0) is 12.6. The molecule has 2 aliphatic carbocycles. The smallest absolute Gasteiger partial charge is 0.308 e. The van der Waals surface area contributed by atoms with Crippen LogP contribution in [-0.4, -0.2) is 23.8 Å². The molecule has 4 unspecified atom stereocenters. The van der Waals surface area contributed by atoms with E-state index in [0.717, 1.165) is 19.3 Å². The van der Waals surface area contributed by atoms with Crippen molar-refractivity contribution in [2.45, 2.75) is 38.7 Å². The number of methoxy groups -OCH3 is 1. The van der Waals surface area contributed by atoms with Crippen molar-refractivity contribution in [3.05, 3.63) is 0 Å². The maximum atomic E-state index is 11.6. The molecular weight excluding hydrogens is 216 g/mol. The summed E-state index contributed by atoms with van der Waals surface area (Å²) in [5.41, 5.74) is -0.942. The Labute approximate surface area is 103 Å². The molecule has 2 fully saturated rings. The zero-order valence-electron chi connectivity index (χ0n) is 10.7. The third kappa shape index (κ3) is 2.47. The summed E-state index contributed by atoms with van der Waals surface area (Å²) >= 11 is 0. The van der Waals surface area contributed by atoms with Crippen molar-refractivity contribution in [1.82, 2.24) is 0 Å². The molecule has 94 valence electrons. The molecule has 0 bridgehead atoms. The van der Waals surface area contributed by atoms with Crippen LogP contribution in [0.5, 0.6) is 0 Å². The molecule has 0 heterocycles. The third-order valence-corrected chi connectivity index (χ3v) is 3.99. The van der Waals surface area contributed by atoms with Crippen molar-refractivity contribution in [2.75, 3.05) is 7.11 Å². The molecule has 2 aliphatic rings. The number of carbonyl (C=O) groups excluding carboxylic acids is 1. The summed E-state index contributed by atoms with van der Waals surface area (Å²) in [6.45, 7) is 3.37. The van der Waals surface area contributed by atoms with Gasteiger partial charge in [0.2, 0.25) is 0 Å². The molecular formula is C14H20O3. The van der Waals surface area contributed by atoms with Gasteiger partial charge in [-0.2, -0.15) is 0 Å². The van der Waals surface area contributed by atoms with Crippen LogP contribution >= 0.6 is 0 Å². The lowest BCUT2D eigenvalue weighted by Gasteiger charge is -2.34. The van der Waals surface area contributed by atoms with Crippen molar-refractivity contribution in [3.63, 3.8) is 0 Å². The highest BCUT2D eigenvalue weighted by atomic mass is 16.5. The van der Waals surface area contributed by atoms with Crippen LogP contribution in [0.25, 0.3) is 0 Å². The summed E-state index contributed by atoms with van der Waals surface area (Å²) in [7, 11) is 1.45. The number of aliphatic hydroxyl groups is 1. The fourth-order valence-electron chi connectivity index (χ4n) is 3.03. The molecule has 0 amide bonds. The van der Waals surface area contributed by atoms with E-state index < -0.39 is 5.60 Å². The van der Waals surface area contributed by atoms with Gasteiger partial charge in [0.15, 0.2) is 0 Å². The van der Waals surface area contributed by atoms with Gasteiger partial charge in [0.05, 0.1) is 13.0 Å². The topological polar surface area (TPSA) is 46.5 Å². The van der Waals surface area contributed by atoms with E-state index in [1.54, 1.807) is 13.8 Å². The van der Waals surface area contributed by atoms with Gasteiger partial charge >= 0.3 is 5.97 Å². The predicted molar refractivity (Wildman–Crippen MR) is 63.9 cm³/mol. The number of rotatable bonds is 1. The van der Waals surface area contributed by atoms with Gasteiger partial charge in [0.25, 0.3) is 0 Å². The van der Waals surface area contributed by atoms with Gasteiger partial charge < -0.3 is 9.84 Å². The van der Waals surface area contributed by atoms with E-state index in [1.165, 1.54) is 7.11 Å². The SMILES string of the molecule is COC(=O)C1CC(C#CC(C)(C)O)C2CCC12. The van der Waals surface area contributed by atoms with Crippen LogP contribution in [0.1, 0.15) is 33.1 Å². The molecule has 0 saturated heterocycles. The van der Waals surface area contributed by atoms with E-state index in [4.69, 9.17) is 4.74 Å². The zero-order valence-corrected chi connectivity index (χ0v) is 10.7. The van der Waals surface area contributed by atoms with Crippen LogP contribution in [0.2, 0.25) is 0 Å². The van der Waals surface area contributed by atoms with E-state index in [2.05, 4.69) is 11.8 Å². The Bertz CT molecular complexity index is 369. The molecule has 17 heavy (non-hydrogen) atoms. The van der Waals surface area contributed by atoms with Gasteiger partial charge in [-0.3, -0.25) is 4.79 Å². The largest absolute Gasteiger partial charge is 0.469 e. The number of fused-ring (bicyclic) bond motifs is 1. The molecule has 4 atom stereocenters. The molecule has 0 aromatic carbocycles. The minimum atomic E-state index is -0.942. The van der Waals surface area contributed by atoms with Crippen LogP contribution in [0.3, 0.4) is 0 Å². The molecule has 0 radical (unpaired) electrons. The Hall–Kier alpha value is -1.01. The second-order valence-corrected chi connectivity index (χ2v) is 5.71. The number of esters is 1. The van der Waals surface area contributed by atoms with Gasteiger partial charge in [-0.15, -0.1) is 0 Å². The van der Waals surface area contributed by atoms with Gasteiger partial charge in [0, 0.05) is 5.92 Å². The monoisotopic (exact) mass is 236 g/mol. The van der Waals surface area contributed by atoms with E-state index in [0.29, 0.717) is 11.8 Å². The van der Waals surface area contributed by atoms with Crippen LogP contribution in [0, 0.1) is 35.5 Å². The lowest BCUT2D eigenvalue weighted by molar-refractivity contribution is -0.147. The summed E-state index contributed by atoms with van der Waals surface area (Å²) in [6, 6.07) is 0. The van der Waals surface area contributed by atoms with Crippen molar-refractivity contribution >= 4 is 5.97 Å². The molecule has 0 spiro atoms. The van der Waals surface area contributed by atoms with Crippen LogP contribution in [0.15, 0.2) is 0 Å². The van der Waals surface area contributed by atoms with Crippen LogP contribution in [0.4, 0.5) is 0 Å². The first-order valence-corrected chi connectivity index (χ1v) is 6.25. The molecule has 1 N–H and O–H groups in total. The third-order valence-electron chi connectivity index (χ3n) is 3.99. The summed E-state index contributed by atoms with van der Waals surface area (Å²) in [4.78, 5) is 11.6. The minimum absolute atomic E-state index is 0.0276. The van der Waals surface area contributed by atoms with Gasteiger partial charge in [-0.05, 0) is 44.9 Å². The quantitative estimate of drug-likeness (QED) is 0.555. The molecule has 2 rings (SSSR count). The first kappa shape index (κ1) is 12.4. The summed E-state index contributed by atoms with van der Waals surface area (Å²) in [5.74, 6) is 7.22. The van der Waals surface area contributed by atoms with Gasteiger partial charge in [-0.25, -0.2) is 0 Å². The Morgan fingerprint density at radius 2 is 2.00 bits per heavy atom. The second kappa shape index (κ2) is 4.34. The Morgan fingerprint density at radius 1 is 1.35 bits per heavy atom. The maximum absolute atomic E-state index is 11.6. The highest BCUT2D eigenvalue weighted by Crippen LogP contribution is 2.53. The van der Waals surface area contributed by atoms with Crippen LogP contribution in [-0.2, 0) is 9.53 Å². The van der Waals surface area contributed by atoms with Crippen LogP contribution < -0.4 is 0 Å². The van der Waals surface area contributed by atoms with Crippen molar-refractivity contribution in [2.24, 2.45) is 23.7 Å². The van der Waals surface area contributed by atoms with Gasteiger partial charge in [-0.1, -0.05) is 11.8 Å². The fourth-order valence-corrected chi connectivity index (χ4v) is 3.03. The lowest BCUT2D eigenvalue weighted by atomic mass is 9.70. The molecule has 3 nitrogen and oxygen atoms in total. The van der Waals surface area contributed by atoms with Crippen molar-refractivity contribution in [1.29, 1.82) is 0 Å². The molecule has 3 heteroatoms. The number of hydrogen-bond donors (Lipinski definition) is 1. The first-order chi connectivity index (χ1) is 7.92. The first-order valence-electron chi connectivity index (χ1n) is 6.25. The maximum Gasteiger partial charge on any atom is 0.308 e.